The maximum atomic E-state index is 12.5. The largest absolute Gasteiger partial charge is 0.351 e. The molecule has 1 fully saturated rings. The highest BCUT2D eigenvalue weighted by Crippen LogP contribution is 2.15. The summed E-state index contributed by atoms with van der Waals surface area (Å²) >= 11 is 5.84. The maximum Gasteiger partial charge on any atom is 0.276 e. The van der Waals surface area contributed by atoms with E-state index in [0.29, 0.717) is 23.2 Å². The molecule has 3 N–H and O–H groups in total. The molecule has 3 rings (SSSR count). The Kier molecular flexibility index (Phi) is 6.73. The fraction of sp³-hybridized carbons (Fsp3) is 0.368. The smallest absolute Gasteiger partial charge is 0.276 e. The SMILES string of the molecule is O=C(NCCC1CCCNC1)c1nccnc1C(=O)Nc1ccc(Cl)cc1. The summed E-state index contributed by atoms with van der Waals surface area (Å²) in [4.78, 5) is 33.1. The topological polar surface area (TPSA) is 96.0 Å². The fourth-order valence-electron chi connectivity index (χ4n) is 3.04. The molecule has 27 heavy (non-hydrogen) atoms. The van der Waals surface area contributed by atoms with Crippen LogP contribution in [0.15, 0.2) is 36.7 Å². The van der Waals surface area contributed by atoms with Crippen LogP contribution < -0.4 is 16.0 Å². The Bertz CT molecular complexity index is 791. The van der Waals surface area contributed by atoms with E-state index in [1.165, 1.54) is 18.8 Å². The zero-order chi connectivity index (χ0) is 19.1. The molecular weight excluding hydrogens is 366 g/mol. The first-order valence-electron chi connectivity index (χ1n) is 9.00. The lowest BCUT2D eigenvalue weighted by molar-refractivity contribution is 0.0930. The number of nitrogens with one attached hydrogen (secondary N) is 3. The van der Waals surface area contributed by atoms with Crippen LogP contribution >= 0.6 is 11.6 Å². The molecular formula is C19H22ClN5O2. The van der Waals surface area contributed by atoms with Gasteiger partial charge in [-0.15, -0.1) is 0 Å². The van der Waals surface area contributed by atoms with Gasteiger partial charge in [0.1, 0.15) is 0 Å². The molecule has 0 bridgehead atoms. The third-order valence-electron chi connectivity index (χ3n) is 4.47. The standard InChI is InChI=1S/C19H22ClN5O2/c20-14-3-5-15(6-4-14)25-19(27)17-16(22-10-11-23-17)18(26)24-9-7-13-2-1-8-21-12-13/h3-6,10-11,13,21H,1-2,7-9,12H2,(H,24,26)(H,25,27). The van der Waals surface area contributed by atoms with Crippen LogP contribution in [-0.4, -0.2) is 41.4 Å². The summed E-state index contributed by atoms with van der Waals surface area (Å²) in [5.41, 5.74) is 0.571. The number of carbonyl (C=O) groups is 2. The summed E-state index contributed by atoms with van der Waals surface area (Å²) in [5, 5.41) is 9.48. The van der Waals surface area contributed by atoms with E-state index >= 15 is 0 Å². The first-order valence-corrected chi connectivity index (χ1v) is 9.38. The molecule has 2 amide bonds. The highest BCUT2D eigenvalue weighted by Gasteiger charge is 2.20. The van der Waals surface area contributed by atoms with Gasteiger partial charge >= 0.3 is 0 Å². The van der Waals surface area contributed by atoms with E-state index in [1.54, 1.807) is 24.3 Å². The quantitative estimate of drug-likeness (QED) is 0.707. The number of hydrogen-bond donors (Lipinski definition) is 3. The van der Waals surface area contributed by atoms with Crippen molar-refractivity contribution in [3.05, 3.63) is 53.1 Å². The molecule has 0 aliphatic carbocycles. The minimum Gasteiger partial charge on any atom is -0.351 e. The first-order chi connectivity index (χ1) is 13.1. The van der Waals surface area contributed by atoms with Crippen molar-refractivity contribution in [2.45, 2.75) is 19.3 Å². The summed E-state index contributed by atoms with van der Waals surface area (Å²) in [5.74, 6) is -0.325. The molecule has 0 spiro atoms. The molecule has 0 saturated carbocycles. The van der Waals surface area contributed by atoms with Crippen molar-refractivity contribution in [3.8, 4) is 0 Å². The number of aromatic nitrogens is 2. The van der Waals surface area contributed by atoms with Gasteiger partial charge < -0.3 is 16.0 Å². The lowest BCUT2D eigenvalue weighted by Crippen LogP contribution is -2.34. The van der Waals surface area contributed by atoms with Gasteiger partial charge in [-0.2, -0.15) is 0 Å². The monoisotopic (exact) mass is 387 g/mol. The molecule has 1 aromatic heterocycles. The van der Waals surface area contributed by atoms with Gasteiger partial charge in [-0.1, -0.05) is 11.6 Å². The van der Waals surface area contributed by atoms with Crippen molar-refractivity contribution >= 4 is 29.1 Å². The number of rotatable bonds is 6. The van der Waals surface area contributed by atoms with Crippen LogP contribution in [0, 0.1) is 5.92 Å². The van der Waals surface area contributed by atoms with Crippen LogP contribution in [0.3, 0.4) is 0 Å². The lowest BCUT2D eigenvalue weighted by atomic mass is 9.96. The van der Waals surface area contributed by atoms with Gasteiger partial charge in [0, 0.05) is 29.6 Å². The van der Waals surface area contributed by atoms with Gasteiger partial charge in [-0.3, -0.25) is 9.59 Å². The number of anilines is 1. The van der Waals surface area contributed by atoms with Crippen LogP contribution in [0.25, 0.3) is 0 Å². The first kappa shape index (κ1) is 19.3. The number of amides is 2. The van der Waals surface area contributed by atoms with E-state index in [4.69, 9.17) is 11.6 Å². The Hall–Kier alpha value is -2.51. The Morgan fingerprint density at radius 2 is 1.81 bits per heavy atom. The maximum absolute atomic E-state index is 12.5. The molecule has 1 aliphatic heterocycles. The van der Waals surface area contributed by atoms with E-state index in [9.17, 15) is 9.59 Å². The minimum atomic E-state index is -0.493. The summed E-state index contributed by atoms with van der Waals surface area (Å²) in [6, 6.07) is 6.69. The van der Waals surface area contributed by atoms with Crippen molar-refractivity contribution in [1.29, 1.82) is 0 Å². The average molecular weight is 388 g/mol. The predicted octanol–water partition coefficient (Wildman–Crippen LogP) is 2.50. The minimum absolute atomic E-state index is 0.00992. The zero-order valence-corrected chi connectivity index (χ0v) is 15.6. The predicted molar refractivity (Wildman–Crippen MR) is 104 cm³/mol. The highest BCUT2D eigenvalue weighted by molar-refractivity contribution is 6.30. The van der Waals surface area contributed by atoms with E-state index in [1.807, 2.05) is 0 Å². The van der Waals surface area contributed by atoms with Gasteiger partial charge in [0.15, 0.2) is 11.4 Å². The Labute approximate surface area is 162 Å². The van der Waals surface area contributed by atoms with Gasteiger partial charge in [-0.05, 0) is 62.5 Å². The second-order valence-electron chi connectivity index (χ2n) is 6.47. The number of benzene rings is 1. The fourth-order valence-corrected chi connectivity index (χ4v) is 3.16. The van der Waals surface area contributed by atoms with Crippen LogP contribution in [0.2, 0.25) is 5.02 Å². The molecule has 7 nitrogen and oxygen atoms in total. The molecule has 1 aromatic carbocycles. The Balaban J connectivity index is 1.61. The van der Waals surface area contributed by atoms with Crippen LogP contribution in [0.1, 0.15) is 40.2 Å². The zero-order valence-electron chi connectivity index (χ0n) is 14.9. The Morgan fingerprint density at radius 3 is 2.48 bits per heavy atom. The molecule has 1 aliphatic rings. The number of hydrogen-bond acceptors (Lipinski definition) is 5. The lowest BCUT2D eigenvalue weighted by Gasteiger charge is -2.22. The van der Waals surface area contributed by atoms with Crippen LogP contribution in [-0.2, 0) is 0 Å². The summed E-state index contributed by atoms with van der Waals surface area (Å²) < 4.78 is 0. The Morgan fingerprint density at radius 1 is 1.11 bits per heavy atom. The van der Waals surface area contributed by atoms with Crippen molar-refractivity contribution in [1.82, 2.24) is 20.6 Å². The van der Waals surface area contributed by atoms with Gasteiger partial charge in [0.25, 0.3) is 11.8 Å². The van der Waals surface area contributed by atoms with Crippen LogP contribution in [0.4, 0.5) is 5.69 Å². The molecule has 1 saturated heterocycles. The van der Waals surface area contributed by atoms with Crippen molar-refractivity contribution in [2.75, 3.05) is 25.0 Å². The van der Waals surface area contributed by atoms with Gasteiger partial charge in [-0.25, -0.2) is 9.97 Å². The van der Waals surface area contributed by atoms with Crippen LogP contribution in [0.5, 0.6) is 0 Å². The molecule has 2 aromatic rings. The van der Waals surface area contributed by atoms with E-state index in [-0.39, 0.29) is 11.4 Å². The number of piperidine rings is 1. The van der Waals surface area contributed by atoms with Crippen molar-refractivity contribution in [3.63, 3.8) is 0 Å². The molecule has 142 valence electrons. The van der Waals surface area contributed by atoms with Gasteiger partial charge in [0.2, 0.25) is 0 Å². The number of carbonyl (C=O) groups excluding carboxylic acids is 2. The molecule has 8 heteroatoms. The molecule has 1 atom stereocenters. The third-order valence-corrected chi connectivity index (χ3v) is 4.72. The van der Waals surface area contributed by atoms with Crippen molar-refractivity contribution in [2.24, 2.45) is 5.92 Å². The number of halogens is 1. The molecule has 0 radical (unpaired) electrons. The third kappa shape index (κ3) is 5.48. The molecule has 2 heterocycles. The van der Waals surface area contributed by atoms with E-state index < -0.39 is 11.8 Å². The van der Waals surface area contributed by atoms with Gasteiger partial charge in [0.05, 0.1) is 0 Å². The summed E-state index contributed by atoms with van der Waals surface area (Å²) in [6.45, 7) is 2.59. The van der Waals surface area contributed by atoms with E-state index in [0.717, 1.165) is 25.9 Å². The average Bonchev–Trinajstić information content (AvgIpc) is 2.70. The summed E-state index contributed by atoms with van der Waals surface area (Å²) in [7, 11) is 0. The number of nitrogens with zero attached hydrogens (tertiary/aromatic N) is 2. The second-order valence-corrected chi connectivity index (χ2v) is 6.91. The normalized spacial score (nSPS) is 16.6. The molecule has 1 unspecified atom stereocenters. The summed E-state index contributed by atoms with van der Waals surface area (Å²) in [6.07, 6.45) is 6.02. The van der Waals surface area contributed by atoms with Crippen molar-refractivity contribution < 1.29 is 9.59 Å². The second kappa shape index (κ2) is 9.43. The highest BCUT2D eigenvalue weighted by atomic mass is 35.5. The van der Waals surface area contributed by atoms with E-state index in [2.05, 4.69) is 25.9 Å².